The highest BCUT2D eigenvalue weighted by atomic mass is 16.5. The minimum Gasteiger partial charge on any atom is -0.466 e. The number of hydrogen-bond acceptors (Lipinski definition) is 6. The van der Waals surface area contributed by atoms with E-state index in [-0.39, 0.29) is 13.2 Å². The van der Waals surface area contributed by atoms with Crippen LogP contribution in [0.2, 0.25) is 0 Å². The Balaban J connectivity index is 2.70. The molecule has 0 radical (unpaired) electrons. The highest BCUT2D eigenvalue weighted by Gasteiger charge is 2.09. The molecule has 0 aliphatic carbocycles. The van der Waals surface area contributed by atoms with Crippen LogP contribution in [-0.4, -0.2) is 38.7 Å². The summed E-state index contributed by atoms with van der Waals surface area (Å²) in [6, 6.07) is 5.62. The molecule has 0 spiro atoms. The van der Waals surface area contributed by atoms with Gasteiger partial charge in [0, 0.05) is 17.5 Å². The topological polar surface area (TPSA) is 81.9 Å². The van der Waals surface area contributed by atoms with Crippen molar-refractivity contribution in [2.45, 2.75) is 6.92 Å². The number of esters is 1. The highest BCUT2D eigenvalue weighted by Crippen LogP contribution is 2.20. The van der Waals surface area contributed by atoms with Crippen LogP contribution in [0.1, 0.15) is 5.56 Å². The first-order valence-corrected chi connectivity index (χ1v) is 6.54. The molecule has 0 unspecified atom stereocenters. The van der Waals surface area contributed by atoms with Gasteiger partial charge in [0.1, 0.15) is 13.2 Å². The Morgan fingerprint density at radius 2 is 2.10 bits per heavy atom. The molecule has 0 saturated heterocycles. The number of rotatable bonds is 9. The molecule has 1 rings (SSSR count). The predicted octanol–water partition coefficient (Wildman–Crippen LogP) is 1.29. The van der Waals surface area contributed by atoms with E-state index in [2.05, 4.69) is 6.58 Å². The molecule has 0 aromatic heterocycles. The maximum absolute atomic E-state index is 11.0. The second kappa shape index (κ2) is 8.63. The van der Waals surface area contributed by atoms with Gasteiger partial charge < -0.3 is 20.1 Å². The number of nitrogens with two attached hydrogens (primary N) is 1. The third-order valence-corrected chi connectivity index (χ3v) is 2.94. The van der Waals surface area contributed by atoms with Gasteiger partial charge in [-0.15, -0.1) is 0 Å². The monoisotopic (exact) mass is 292 g/mol. The van der Waals surface area contributed by atoms with Gasteiger partial charge in [0.25, 0.3) is 6.47 Å². The van der Waals surface area contributed by atoms with Crippen molar-refractivity contribution in [3.05, 3.63) is 36.4 Å². The molecule has 1 aromatic rings. The van der Waals surface area contributed by atoms with Crippen molar-refractivity contribution in [2.24, 2.45) is 0 Å². The lowest BCUT2D eigenvalue weighted by Gasteiger charge is -2.24. The summed E-state index contributed by atoms with van der Waals surface area (Å²) in [4.78, 5) is 23.2. The molecular weight excluding hydrogens is 272 g/mol. The van der Waals surface area contributed by atoms with Gasteiger partial charge >= 0.3 is 5.97 Å². The minimum absolute atomic E-state index is 0.218. The number of aryl methyl sites for hydroxylation is 1. The molecule has 0 aliphatic heterocycles. The maximum atomic E-state index is 11.0. The number of ether oxygens (including phenoxy) is 2. The van der Waals surface area contributed by atoms with E-state index in [0.29, 0.717) is 25.2 Å². The fourth-order valence-corrected chi connectivity index (χ4v) is 1.75. The molecule has 6 nitrogen and oxygen atoms in total. The zero-order valence-electron chi connectivity index (χ0n) is 12.1. The molecule has 6 heteroatoms. The van der Waals surface area contributed by atoms with Gasteiger partial charge in [0.15, 0.2) is 0 Å². The number of benzene rings is 1. The molecule has 0 amide bonds. The normalized spacial score (nSPS) is 9.76. The SMILES string of the molecule is C=CC(=O)OCCN(CCOC=O)c1ccc(N)c(C)c1. The maximum Gasteiger partial charge on any atom is 0.330 e. The van der Waals surface area contributed by atoms with Crippen LogP contribution >= 0.6 is 0 Å². The van der Waals surface area contributed by atoms with Gasteiger partial charge in [-0.25, -0.2) is 4.79 Å². The molecule has 0 fully saturated rings. The van der Waals surface area contributed by atoms with E-state index in [4.69, 9.17) is 15.2 Å². The third-order valence-electron chi connectivity index (χ3n) is 2.94. The Labute approximate surface area is 124 Å². The highest BCUT2D eigenvalue weighted by molar-refractivity contribution is 5.81. The zero-order chi connectivity index (χ0) is 15.7. The molecule has 0 saturated carbocycles. The van der Waals surface area contributed by atoms with E-state index in [1.165, 1.54) is 0 Å². The molecule has 21 heavy (non-hydrogen) atoms. The van der Waals surface area contributed by atoms with Crippen molar-refractivity contribution in [1.29, 1.82) is 0 Å². The van der Waals surface area contributed by atoms with Crippen LogP contribution in [-0.2, 0) is 19.1 Å². The zero-order valence-corrected chi connectivity index (χ0v) is 12.1. The summed E-state index contributed by atoms with van der Waals surface area (Å²) >= 11 is 0. The molecule has 114 valence electrons. The van der Waals surface area contributed by atoms with Gasteiger partial charge in [-0.05, 0) is 30.7 Å². The molecule has 2 N–H and O–H groups in total. The lowest BCUT2D eigenvalue weighted by atomic mass is 10.1. The van der Waals surface area contributed by atoms with Gasteiger partial charge in [0.05, 0.1) is 13.1 Å². The first-order valence-electron chi connectivity index (χ1n) is 6.54. The van der Waals surface area contributed by atoms with Crippen molar-refractivity contribution < 1.29 is 19.1 Å². The van der Waals surface area contributed by atoms with E-state index in [1.54, 1.807) is 0 Å². The first-order chi connectivity index (χ1) is 10.1. The largest absolute Gasteiger partial charge is 0.466 e. The number of nitrogens with zero attached hydrogens (tertiary/aromatic N) is 1. The summed E-state index contributed by atoms with van der Waals surface area (Å²) in [6.07, 6.45) is 1.12. The van der Waals surface area contributed by atoms with Gasteiger partial charge in [-0.2, -0.15) is 0 Å². The molecule has 1 aromatic carbocycles. The summed E-state index contributed by atoms with van der Waals surface area (Å²) in [7, 11) is 0. The summed E-state index contributed by atoms with van der Waals surface area (Å²) in [5, 5.41) is 0. The van der Waals surface area contributed by atoms with Crippen LogP contribution < -0.4 is 10.6 Å². The fourth-order valence-electron chi connectivity index (χ4n) is 1.75. The Morgan fingerprint density at radius 1 is 1.38 bits per heavy atom. The van der Waals surface area contributed by atoms with Gasteiger partial charge in [-0.3, -0.25) is 4.79 Å². The summed E-state index contributed by atoms with van der Waals surface area (Å²) in [5.41, 5.74) is 8.39. The number of carbonyl (C=O) groups is 2. The third kappa shape index (κ3) is 5.56. The van der Waals surface area contributed by atoms with Crippen molar-refractivity contribution >= 4 is 23.8 Å². The Morgan fingerprint density at radius 3 is 2.71 bits per heavy atom. The lowest BCUT2D eigenvalue weighted by Crippen LogP contribution is -2.31. The average molecular weight is 292 g/mol. The van der Waals surface area contributed by atoms with E-state index in [1.807, 2.05) is 30.0 Å². The number of hydrogen-bond donors (Lipinski definition) is 1. The summed E-state index contributed by atoms with van der Waals surface area (Å²) < 4.78 is 9.69. The van der Waals surface area contributed by atoms with Crippen LogP contribution in [0.3, 0.4) is 0 Å². The standard InChI is InChI=1S/C15H20N2O4/c1-3-15(19)21-9-7-17(6-8-20-11-18)13-4-5-14(16)12(2)10-13/h3-5,10-11H,1,6-9,16H2,2H3. The Kier molecular flexibility index (Phi) is 6.80. The predicted molar refractivity (Wildman–Crippen MR) is 81.0 cm³/mol. The average Bonchev–Trinajstić information content (AvgIpc) is 2.48. The second-order valence-corrected chi connectivity index (χ2v) is 4.37. The molecule has 0 heterocycles. The number of nitrogen functional groups attached to an aromatic ring is 1. The van der Waals surface area contributed by atoms with Gasteiger partial charge in [-0.1, -0.05) is 6.58 Å². The quantitative estimate of drug-likeness (QED) is 0.243. The van der Waals surface area contributed by atoms with Gasteiger partial charge in [0.2, 0.25) is 0 Å². The van der Waals surface area contributed by atoms with E-state index in [0.717, 1.165) is 17.3 Å². The van der Waals surface area contributed by atoms with E-state index in [9.17, 15) is 9.59 Å². The molecule has 0 atom stereocenters. The van der Waals surface area contributed by atoms with E-state index < -0.39 is 5.97 Å². The number of anilines is 2. The van der Waals surface area contributed by atoms with Crippen LogP contribution in [0.4, 0.5) is 11.4 Å². The van der Waals surface area contributed by atoms with Crippen LogP contribution in [0.5, 0.6) is 0 Å². The molecular formula is C15H20N2O4. The van der Waals surface area contributed by atoms with Crippen LogP contribution in [0.15, 0.2) is 30.9 Å². The lowest BCUT2D eigenvalue weighted by molar-refractivity contribution is -0.137. The summed E-state index contributed by atoms with van der Waals surface area (Å²) in [6.45, 7) is 7.10. The Bertz CT molecular complexity index is 502. The van der Waals surface area contributed by atoms with E-state index >= 15 is 0 Å². The van der Waals surface area contributed by atoms with Crippen LogP contribution in [0, 0.1) is 6.92 Å². The van der Waals surface area contributed by atoms with Crippen LogP contribution in [0.25, 0.3) is 0 Å². The molecule has 0 bridgehead atoms. The minimum atomic E-state index is -0.465. The Hall–Kier alpha value is -2.50. The fraction of sp³-hybridized carbons (Fsp3) is 0.333. The first kappa shape index (κ1) is 16.6. The number of carbonyl (C=O) groups excluding carboxylic acids is 2. The van der Waals surface area contributed by atoms with Crippen molar-refractivity contribution in [3.63, 3.8) is 0 Å². The van der Waals surface area contributed by atoms with Crippen molar-refractivity contribution in [2.75, 3.05) is 36.9 Å². The van der Waals surface area contributed by atoms with Crippen molar-refractivity contribution in [1.82, 2.24) is 0 Å². The smallest absolute Gasteiger partial charge is 0.330 e. The van der Waals surface area contributed by atoms with Crippen molar-refractivity contribution in [3.8, 4) is 0 Å². The molecule has 0 aliphatic rings. The second-order valence-electron chi connectivity index (χ2n) is 4.37. The summed E-state index contributed by atoms with van der Waals surface area (Å²) in [5.74, 6) is -0.465.